The van der Waals surface area contributed by atoms with Crippen molar-refractivity contribution in [3.63, 3.8) is 0 Å². The Labute approximate surface area is 121 Å². The third kappa shape index (κ3) is 9.45. The van der Waals surface area contributed by atoms with Gasteiger partial charge in [0.1, 0.15) is 0 Å². The summed E-state index contributed by atoms with van der Waals surface area (Å²) in [5, 5.41) is 3.72. The summed E-state index contributed by atoms with van der Waals surface area (Å²) in [5.41, 5.74) is -0.0194. The van der Waals surface area contributed by atoms with Gasteiger partial charge in [0.2, 0.25) is 0 Å². The van der Waals surface area contributed by atoms with E-state index in [9.17, 15) is 0 Å². The number of ether oxygens (including phenoxy) is 1. The van der Waals surface area contributed by atoms with Crippen molar-refractivity contribution in [2.75, 3.05) is 13.7 Å². The molecule has 2 unspecified atom stereocenters. The fourth-order valence-electron chi connectivity index (χ4n) is 2.65. The van der Waals surface area contributed by atoms with Gasteiger partial charge in [-0.1, -0.05) is 46.5 Å². The van der Waals surface area contributed by atoms with Crippen molar-refractivity contribution in [3.05, 3.63) is 0 Å². The summed E-state index contributed by atoms with van der Waals surface area (Å²) in [6.45, 7) is 12.4. The SMILES string of the molecule is CCCCC(CC)CC(CC(C)(C)OC)NCCC. The third-order valence-electron chi connectivity index (χ3n) is 4.13. The molecule has 1 N–H and O–H groups in total. The van der Waals surface area contributed by atoms with Gasteiger partial charge in [-0.15, -0.1) is 0 Å². The summed E-state index contributed by atoms with van der Waals surface area (Å²) in [4.78, 5) is 0. The minimum absolute atomic E-state index is 0.0194. The van der Waals surface area contributed by atoms with E-state index in [2.05, 4.69) is 39.9 Å². The molecule has 0 aromatic carbocycles. The van der Waals surface area contributed by atoms with E-state index in [1.807, 2.05) is 7.11 Å². The Balaban J connectivity index is 4.38. The summed E-state index contributed by atoms with van der Waals surface area (Å²) >= 11 is 0. The van der Waals surface area contributed by atoms with Crippen LogP contribution in [0.5, 0.6) is 0 Å². The molecule has 0 spiro atoms. The summed E-state index contributed by atoms with van der Waals surface area (Å²) in [7, 11) is 1.82. The zero-order chi connectivity index (χ0) is 14.7. The Kier molecular flexibility index (Phi) is 10.6. The molecule has 0 radical (unpaired) electrons. The van der Waals surface area contributed by atoms with Crippen LogP contribution in [0.4, 0.5) is 0 Å². The van der Waals surface area contributed by atoms with E-state index in [4.69, 9.17) is 4.74 Å². The highest BCUT2D eigenvalue weighted by molar-refractivity contribution is 4.80. The highest BCUT2D eigenvalue weighted by atomic mass is 16.5. The Morgan fingerprint density at radius 3 is 2.26 bits per heavy atom. The van der Waals surface area contributed by atoms with Gasteiger partial charge < -0.3 is 10.1 Å². The van der Waals surface area contributed by atoms with Crippen molar-refractivity contribution in [1.82, 2.24) is 5.32 Å². The monoisotopic (exact) mass is 271 g/mol. The molecular weight excluding hydrogens is 234 g/mol. The maximum Gasteiger partial charge on any atom is 0.0637 e. The van der Waals surface area contributed by atoms with E-state index in [0.717, 1.165) is 18.9 Å². The average Bonchev–Trinajstić information content (AvgIpc) is 2.40. The van der Waals surface area contributed by atoms with Crippen molar-refractivity contribution >= 4 is 0 Å². The van der Waals surface area contributed by atoms with Gasteiger partial charge in [0.05, 0.1) is 5.60 Å². The topological polar surface area (TPSA) is 21.3 Å². The van der Waals surface area contributed by atoms with Gasteiger partial charge >= 0.3 is 0 Å². The second-order valence-corrected chi connectivity index (χ2v) is 6.47. The van der Waals surface area contributed by atoms with Crippen molar-refractivity contribution in [3.8, 4) is 0 Å². The Morgan fingerprint density at radius 2 is 1.79 bits per heavy atom. The zero-order valence-corrected chi connectivity index (χ0v) is 14.2. The second kappa shape index (κ2) is 10.7. The molecule has 0 aromatic rings. The standard InChI is InChI=1S/C17H37NO/c1-7-10-11-15(9-3)13-16(18-12-8-2)14-17(4,5)19-6/h15-16,18H,7-14H2,1-6H3. The molecule has 0 heterocycles. The van der Waals surface area contributed by atoms with E-state index >= 15 is 0 Å². The molecule has 0 fully saturated rings. The molecule has 116 valence electrons. The number of nitrogens with one attached hydrogen (secondary N) is 1. The lowest BCUT2D eigenvalue weighted by atomic mass is 9.87. The van der Waals surface area contributed by atoms with E-state index < -0.39 is 0 Å². The average molecular weight is 271 g/mol. The van der Waals surface area contributed by atoms with Crippen LogP contribution in [0.15, 0.2) is 0 Å². The molecule has 0 saturated heterocycles. The van der Waals surface area contributed by atoms with Gasteiger partial charge in [0.25, 0.3) is 0 Å². The maximum atomic E-state index is 5.60. The lowest BCUT2D eigenvalue weighted by molar-refractivity contribution is 0.00483. The molecule has 0 rings (SSSR count). The molecule has 19 heavy (non-hydrogen) atoms. The molecular formula is C17H37NO. The highest BCUT2D eigenvalue weighted by Crippen LogP contribution is 2.24. The maximum absolute atomic E-state index is 5.60. The molecule has 0 aliphatic carbocycles. The Hall–Kier alpha value is -0.0800. The van der Waals surface area contributed by atoms with Crippen LogP contribution in [0.25, 0.3) is 0 Å². The lowest BCUT2D eigenvalue weighted by Crippen LogP contribution is -2.39. The second-order valence-electron chi connectivity index (χ2n) is 6.47. The van der Waals surface area contributed by atoms with Crippen molar-refractivity contribution in [2.45, 2.75) is 91.2 Å². The molecule has 0 aromatic heterocycles. The summed E-state index contributed by atoms with van der Waals surface area (Å²) in [6, 6.07) is 0.594. The number of hydrogen-bond acceptors (Lipinski definition) is 2. The highest BCUT2D eigenvalue weighted by Gasteiger charge is 2.24. The fraction of sp³-hybridized carbons (Fsp3) is 1.00. The molecule has 0 aliphatic rings. The number of hydrogen-bond donors (Lipinski definition) is 1. The molecule has 0 aliphatic heterocycles. The van der Waals surface area contributed by atoms with Crippen LogP contribution in [-0.4, -0.2) is 25.3 Å². The fourth-order valence-corrected chi connectivity index (χ4v) is 2.65. The Bertz CT molecular complexity index is 203. The number of unbranched alkanes of at least 4 members (excludes halogenated alkanes) is 1. The summed E-state index contributed by atoms with van der Waals surface area (Å²) < 4.78 is 5.60. The van der Waals surface area contributed by atoms with E-state index in [1.165, 1.54) is 38.5 Å². The van der Waals surface area contributed by atoms with Crippen LogP contribution in [0.1, 0.15) is 79.6 Å². The summed E-state index contributed by atoms with van der Waals surface area (Å²) in [5.74, 6) is 0.863. The van der Waals surface area contributed by atoms with Crippen LogP contribution >= 0.6 is 0 Å². The first kappa shape index (κ1) is 18.9. The predicted octanol–water partition coefficient (Wildman–Crippen LogP) is 4.78. The van der Waals surface area contributed by atoms with Crippen molar-refractivity contribution in [1.29, 1.82) is 0 Å². The van der Waals surface area contributed by atoms with Crippen LogP contribution in [0.3, 0.4) is 0 Å². The van der Waals surface area contributed by atoms with Gasteiger partial charge in [0.15, 0.2) is 0 Å². The number of methoxy groups -OCH3 is 1. The molecule has 0 saturated carbocycles. The van der Waals surface area contributed by atoms with E-state index in [0.29, 0.717) is 6.04 Å². The van der Waals surface area contributed by atoms with Gasteiger partial charge in [0, 0.05) is 13.2 Å². The molecule has 0 bridgehead atoms. The first-order valence-corrected chi connectivity index (χ1v) is 8.27. The van der Waals surface area contributed by atoms with Gasteiger partial charge in [-0.2, -0.15) is 0 Å². The molecule has 2 heteroatoms. The van der Waals surface area contributed by atoms with E-state index in [-0.39, 0.29) is 5.60 Å². The smallest absolute Gasteiger partial charge is 0.0637 e. The first-order valence-electron chi connectivity index (χ1n) is 8.27. The van der Waals surface area contributed by atoms with Crippen LogP contribution in [0, 0.1) is 5.92 Å². The van der Waals surface area contributed by atoms with Crippen molar-refractivity contribution in [2.24, 2.45) is 5.92 Å². The van der Waals surface area contributed by atoms with Crippen LogP contribution in [0.2, 0.25) is 0 Å². The van der Waals surface area contributed by atoms with Gasteiger partial charge in [-0.05, 0) is 45.6 Å². The zero-order valence-electron chi connectivity index (χ0n) is 14.2. The van der Waals surface area contributed by atoms with Gasteiger partial charge in [-0.3, -0.25) is 0 Å². The lowest BCUT2D eigenvalue weighted by Gasteiger charge is -2.31. The van der Waals surface area contributed by atoms with E-state index in [1.54, 1.807) is 0 Å². The first-order chi connectivity index (χ1) is 8.99. The summed E-state index contributed by atoms with van der Waals surface area (Å²) in [6.07, 6.45) is 8.97. The van der Waals surface area contributed by atoms with Crippen LogP contribution < -0.4 is 5.32 Å². The largest absolute Gasteiger partial charge is 0.379 e. The molecule has 2 nitrogen and oxygen atoms in total. The Morgan fingerprint density at radius 1 is 1.11 bits per heavy atom. The van der Waals surface area contributed by atoms with Gasteiger partial charge in [-0.25, -0.2) is 0 Å². The van der Waals surface area contributed by atoms with Crippen molar-refractivity contribution < 1.29 is 4.74 Å². The van der Waals surface area contributed by atoms with Crippen LogP contribution in [-0.2, 0) is 4.74 Å². The minimum Gasteiger partial charge on any atom is -0.379 e. The third-order valence-corrected chi connectivity index (χ3v) is 4.13. The number of rotatable bonds is 12. The predicted molar refractivity (Wildman–Crippen MR) is 85.7 cm³/mol. The normalized spacial score (nSPS) is 15.5. The minimum atomic E-state index is -0.0194. The quantitative estimate of drug-likeness (QED) is 0.552. The molecule has 2 atom stereocenters. The molecule has 0 amide bonds.